The van der Waals surface area contributed by atoms with Gasteiger partial charge >= 0.3 is 6.03 Å². The van der Waals surface area contributed by atoms with Gasteiger partial charge in [-0.2, -0.15) is 5.10 Å². The lowest BCUT2D eigenvalue weighted by atomic mass is 10.1. The summed E-state index contributed by atoms with van der Waals surface area (Å²) in [4.78, 5) is 14.7. The van der Waals surface area contributed by atoms with Crippen molar-refractivity contribution in [3.63, 3.8) is 0 Å². The van der Waals surface area contributed by atoms with Gasteiger partial charge in [0.1, 0.15) is 11.4 Å². The molecule has 4 rings (SSSR count). The minimum Gasteiger partial charge on any atom is -0.439 e. The zero-order valence-corrected chi connectivity index (χ0v) is 17.5. The second-order valence-electron chi connectivity index (χ2n) is 7.70. The zero-order chi connectivity index (χ0) is 20.9. The standard InChI is InChI=1S/C24H28N4O2/c1-3-25-24(29)28(16-18-14-15-18)17-21-22(19-10-6-4-7-11-19)26-27(2)23(21)30-20-12-8-5-9-13-20/h4-13,18H,3,14-17H2,1-2H3,(H,25,29). The Balaban J connectivity index is 1.73. The minimum atomic E-state index is -0.0436. The molecule has 0 aliphatic heterocycles. The van der Waals surface area contributed by atoms with Crippen LogP contribution in [0.3, 0.4) is 0 Å². The number of hydrogen-bond acceptors (Lipinski definition) is 3. The number of aryl methyl sites for hydroxylation is 1. The fourth-order valence-electron chi connectivity index (χ4n) is 3.54. The second kappa shape index (κ2) is 9.03. The van der Waals surface area contributed by atoms with E-state index >= 15 is 0 Å². The van der Waals surface area contributed by atoms with Crippen LogP contribution in [0.15, 0.2) is 60.7 Å². The van der Waals surface area contributed by atoms with Gasteiger partial charge in [-0.1, -0.05) is 48.5 Å². The van der Waals surface area contributed by atoms with E-state index in [0.717, 1.165) is 29.1 Å². The minimum absolute atomic E-state index is 0.0436. The quantitative estimate of drug-likeness (QED) is 0.585. The van der Waals surface area contributed by atoms with E-state index in [4.69, 9.17) is 9.84 Å². The van der Waals surface area contributed by atoms with Crippen LogP contribution in [0.25, 0.3) is 11.3 Å². The van der Waals surface area contributed by atoms with E-state index in [9.17, 15) is 4.79 Å². The molecule has 0 radical (unpaired) electrons. The molecule has 1 fully saturated rings. The Kier molecular flexibility index (Phi) is 6.02. The Hall–Kier alpha value is -3.28. The van der Waals surface area contributed by atoms with Gasteiger partial charge in [-0.3, -0.25) is 0 Å². The number of nitrogens with one attached hydrogen (secondary N) is 1. The van der Waals surface area contributed by atoms with E-state index in [1.165, 1.54) is 12.8 Å². The Labute approximate surface area is 177 Å². The summed E-state index contributed by atoms with van der Waals surface area (Å²) in [6.07, 6.45) is 2.36. The molecule has 3 aromatic rings. The largest absolute Gasteiger partial charge is 0.439 e. The van der Waals surface area contributed by atoms with Crippen molar-refractivity contribution in [1.29, 1.82) is 0 Å². The molecule has 1 heterocycles. The number of para-hydroxylation sites is 1. The SMILES string of the molecule is CCNC(=O)N(Cc1c(-c2ccccc2)nn(C)c1Oc1ccccc1)CC1CC1. The van der Waals surface area contributed by atoms with Gasteiger partial charge in [0.05, 0.1) is 12.1 Å². The molecule has 1 saturated carbocycles. The van der Waals surface area contributed by atoms with E-state index in [2.05, 4.69) is 5.32 Å². The van der Waals surface area contributed by atoms with Gasteiger partial charge in [0.2, 0.25) is 5.88 Å². The van der Waals surface area contributed by atoms with Crippen molar-refractivity contribution < 1.29 is 9.53 Å². The monoisotopic (exact) mass is 404 g/mol. The van der Waals surface area contributed by atoms with E-state index in [0.29, 0.717) is 24.9 Å². The molecule has 156 valence electrons. The molecule has 1 N–H and O–H groups in total. The summed E-state index contributed by atoms with van der Waals surface area (Å²) < 4.78 is 8.01. The highest BCUT2D eigenvalue weighted by molar-refractivity contribution is 5.75. The Morgan fingerprint density at radius 1 is 1.13 bits per heavy atom. The second-order valence-corrected chi connectivity index (χ2v) is 7.70. The Morgan fingerprint density at radius 3 is 2.43 bits per heavy atom. The number of carbonyl (C=O) groups is 1. The van der Waals surface area contributed by atoms with Crippen LogP contribution in [0.4, 0.5) is 4.79 Å². The molecule has 2 aromatic carbocycles. The third-order valence-corrected chi connectivity index (χ3v) is 5.23. The van der Waals surface area contributed by atoms with E-state index < -0.39 is 0 Å². The smallest absolute Gasteiger partial charge is 0.317 e. The zero-order valence-electron chi connectivity index (χ0n) is 17.5. The summed E-state index contributed by atoms with van der Waals surface area (Å²) >= 11 is 0. The Bertz CT molecular complexity index is 981. The van der Waals surface area contributed by atoms with E-state index in [1.54, 1.807) is 4.68 Å². The highest BCUT2D eigenvalue weighted by atomic mass is 16.5. The maximum absolute atomic E-state index is 12.8. The number of nitrogens with zero attached hydrogens (tertiary/aromatic N) is 3. The lowest BCUT2D eigenvalue weighted by molar-refractivity contribution is 0.192. The van der Waals surface area contributed by atoms with E-state index in [-0.39, 0.29) is 6.03 Å². The average Bonchev–Trinajstić information content (AvgIpc) is 3.54. The van der Waals surface area contributed by atoms with Crippen LogP contribution in [-0.4, -0.2) is 33.8 Å². The topological polar surface area (TPSA) is 59.4 Å². The first-order valence-corrected chi connectivity index (χ1v) is 10.5. The van der Waals surface area contributed by atoms with Gasteiger partial charge in [0, 0.05) is 25.7 Å². The van der Waals surface area contributed by atoms with Crippen LogP contribution in [0.1, 0.15) is 25.3 Å². The predicted molar refractivity (Wildman–Crippen MR) is 117 cm³/mol. The normalized spacial score (nSPS) is 13.1. The number of amides is 2. The van der Waals surface area contributed by atoms with Crippen molar-refractivity contribution in [2.45, 2.75) is 26.3 Å². The molecule has 0 unspecified atom stereocenters. The maximum Gasteiger partial charge on any atom is 0.317 e. The third kappa shape index (κ3) is 4.64. The molecule has 0 spiro atoms. The first-order valence-electron chi connectivity index (χ1n) is 10.5. The van der Waals surface area contributed by atoms with Crippen molar-refractivity contribution in [3.05, 3.63) is 66.2 Å². The van der Waals surface area contributed by atoms with Crippen LogP contribution in [0.2, 0.25) is 0 Å². The number of urea groups is 1. The molecule has 0 saturated heterocycles. The van der Waals surface area contributed by atoms with Gasteiger partial charge in [-0.05, 0) is 37.8 Å². The lowest BCUT2D eigenvalue weighted by Crippen LogP contribution is -2.40. The number of hydrogen-bond donors (Lipinski definition) is 1. The molecule has 1 aromatic heterocycles. The molecular weight excluding hydrogens is 376 g/mol. The molecule has 2 amide bonds. The van der Waals surface area contributed by atoms with Crippen LogP contribution in [-0.2, 0) is 13.6 Å². The fraction of sp³-hybridized carbons (Fsp3) is 0.333. The third-order valence-electron chi connectivity index (χ3n) is 5.23. The fourth-order valence-corrected chi connectivity index (χ4v) is 3.54. The molecule has 6 nitrogen and oxygen atoms in total. The lowest BCUT2D eigenvalue weighted by Gasteiger charge is -2.23. The highest BCUT2D eigenvalue weighted by Crippen LogP contribution is 2.36. The summed E-state index contributed by atoms with van der Waals surface area (Å²) in [6, 6.07) is 19.7. The summed E-state index contributed by atoms with van der Waals surface area (Å²) in [5.41, 5.74) is 2.77. The maximum atomic E-state index is 12.8. The molecule has 1 aliphatic rings. The first kappa shape index (κ1) is 20.0. The van der Waals surface area contributed by atoms with Gasteiger partial charge in [0.15, 0.2) is 0 Å². The van der Waals surface area contributed by atoms with Crippen molar-refractivity contribution in [1.82, 2.24) is 20.0 Å². The first-order chi connectivity index (χ1) is 14.7. The van der Waals surface area contributed by atoms with Crippen molar-refractivity contribution in [3.8, 4) is 22.9 Å². The van der Waals surface area contributed by atoms with Crippen molar-refractivity contribution in [2.24, 2.45) is 13.0 Å². The molecule has 1 aliphatic carbocycles. The summed E-state index contributed by atoms with van der Waals surface area (Å²) in [6.45, 7) is 3.74. The van der Waals surface area contributed by atoms with Crippen molar-refractivity contribution in [2.75, 3.05) is 13.1 Å². The molecular formula is C24H28N4O2. The average molecular weight is 405 g/mol. The molecule has 30 heavy (non-hydrogen) atoms. The van der Waals surface area contributed by atoms with Gasteiger partial charge < -0.3 is 15.0 Å². The molecule has 0 atom stereocenters. The predicted octanol–water partition coefficient (Wildman–Crippen LogP) is 4.82. The summed E-state index contributed by atoms with van der Waals surface area (Å²) in [7, 11) is 1.88. The van der Waals surface area contributed by atoms with Crippen LogP contribution >= 0.6 is 0 Å². The number of aromatic nitrogens is 2. The highest BCUT2D eigenvalue weighted by Gasteiger charge is 2.29. The Morgan fingerprint density at radius 2 is 1.80 bits per heavy atom. The van der Waals surface area contributed by atoms with Gasteiger partial charge in [-0.25, -0.2) is 9.48 Å². The number of carbonyl (C=O) groups excluding carboxylic acids is 1. The summed E-state index contributed by atoms with van der Waals surface area (Å²) in [5, 5.41) is 7.72. The number of rotatable bonds is 8. The molecule has 6 heteroatoms. The number of ether oxygens (including phenoxy) is 1. The van der Waals surface area contributed by atoms with Gasteiger partial charge in [0.25, 0.3) is 0 Å². The van der Waals surface area contributed by atoms with Crippen LogP contribution in [0, 0.1) is 5.92 Å². The van der Waals surface area contributed by atoms with Gasteiger partial charge in [-0.15, -0.1) is 0 Å². The number of benzene rings is 2. The van der Waals surface area contributed by atoms with Crippen LogP contribution < -0.4 is 10.1 Å². The summed E-state index contributed by atoms with van der Waals surface area (Å²) in [5.74, 6) is 1.99. The van der Waals surface area contributed by atoms with Crippen molar-refractivity contribution >= 4 is 6.03 Å². The molecule has 0 bridgehead atoms. The van der Waals surface area contributed by atoms with Crippen LogP contribution in [0.5, 0.6) is 11.6 Å². The van der Waals surface area contributed by atoms with E-state index in [1.807, 2.05) is 79.5 Å².